The van der Waals surface area contributed by atoms with Gasteiger partial charge < -0.3 is 4.90 Å². The maximum atomic E-state index is 4.73. The van der Waals surface area contributed by atoms with E-state index in [9.17, 15) is 0 Å². The Morgan fingerprint density at radius 1 is 1.13 bits per heavy atom. The molecule has 1 aromatic heterocycles. The van der Waals surface area contributed by atoms with Crippen LogP contribution in [0.15, 0.2) is 16.7 Å². The van der Waals surface area contributed by atoms with Crippen molar-refractivity contribution in [2.24, 2.45) is 0 Å². The molecule has 1 aromatic rings. The van der Waals surface area contributed by atoms with Gasteiger partial charge in [-0.15, -0.1) is 0 Å². The van der Waals surface area contributed by atoms with Crippen LogP contribution in [0, 0.1) is 0 Å². The van der Waals surface area contributed by atoms with Crippen LogP contribution < -0.4 is 4.90 Å². The molecule has 0 aromatic carbocycles. The molecule has 1 aliphatic carbocycles. The van der Waals surface area contributed by atoms with E-state index in [1.54, 1.807) is 0 Å². The fraction of sp³-hybridized carbons (Fsp3) is 0.737. The van der Waals surface area contributed by atoms with Crippen molar-refractivity contribution < 1.29 is 0 Å². The molecule has 0 bridgehead atoms. The fourth-order valence-corrected chi connectivity index (χ4v) is 5.27. The predicted octanol–water partition coefficient (Wildman–Crippen LogP) is 4.35. The van der Waals surface area contributed by atoms with Crippen LogP contribution in [0.2, 0.25) is 0 Å². The van der Waals surface area contributed by atoms with Gasteiger partial charge in [-0.2, -0.15) is 0 Å². The van der Waals surface area contributed by atoms with Crippen LogP contribution in [0.1, 0.15) is 58.6 Å². The number of halogens is 1. The van der Waals surface area contributed by atoms with Gasteiger partial charge in [0, 0.05) is 34.2 Å². The lowest BCUT2D eigenvalue weighted by Gasteiger charge is -2.56. The van der Waals surface area contributed by atoms with Crippen LogP contribution in [0.25, 0.3) is 0 Å². The smallest absolute Gasteiger partial charge is 0.0711 e. The van der Waals surface area contributed by atoms with Crippen molar-refractivity contribution in [1.29, 1.82) is 0 Å². The molecule has 1 saturated carbocycles. The van der Waals surface area contributed by atoms with Gasteiger partial charge in [-0.3, -0.25) is 9.88 Å². The van der Waals surface area contributed by atoms with Crippen molar-refractivity contribution in [2.45, 2.75) is 69.9 Å². The van der Waals surface area contributed by atoms with E-state index in [4.69, 9.17) is 4.98 Å². The number of rotatable bonds is 2. The van der Waals surface area contributed by atoms with Crippen molar-refractivity contribution >= 4 is 21.6 Å². The number of pyridine rings is 1. The Balaban J connectivity index is 1.52. The highest BCUT2D eigenvalue weighted by atomic mass is 79.9. The standard InChI is InChI=1S/C19H28BrN3/c1-18(2)13-23(16-9-14(20)12-21-17(16)18)15-10-19(3,11-15)22-7-5-4-6-8-22/h9,12,15H,4-8,10-11,13H2,1-3H3/t15-,19+. The van der Waals surface area contributed by atoms with Gasteiger partial charge in [-0.25, -0.2) is 0 Å². The average molecular weight is 378 g/mol. The van der Waals surface area contributed by atoms with Crippen LogP contribution in [0.3, 0.4) is 0 Å². The third kappa shape index (κ3) is 2.62. The molecule has 2 aliphatic heterocycles. The number of nitrogens with zero attached hydrogens (tertiary/aromatic N) is 3. The second-order valence-electron chi connectivity index (χ2n) is 8.64. The van der Waals surface area contributed by atoms with Gasteiger partial charge in [0.15, 0.2) is 0 Å². The summed E-state index contributed by atoms with van der Waals surface area (Å²) in [5.41, 5.74) is 3.22. The van der Waals surface area contributed by atoms with E-state index >= 15 is 0 Å². The summed E-state index contributed by atoms with van der Waals surface area (Å²) in [5.74, 6) is 0. The number of fused-ring (bicyclic) bond motifs is 1. The number of anilines is 1. The van der Waals surface area contributed by atoms with Crippen LogP contribution in [0.4, 0.5) is 5.69 Å². The Bertz CT molecular complexity index is 601. The normalized spacial score (nSPS) is 33.4. The molecule has 3 nitrogen and oxygen atoms in total. The van der Waals surface area contributed by atoms with Gasteiger partial charge in [-0.1, -0.05) is 20.3 Å². The number of hydrogen-bond donors (Lipinski definition) is 0. The lowest BCUT2D eigenvalue weighted by Crippen LogP contribution is -2.63. The monoisotopic (exact) mass is 377 g/mol. The molecule has 0 spiro atoms. The number of likely N-dealkylation sites (tertiary alicyclic amines) is 1. The molecular formula is C19H28BrN3. The Hall–Kier alpha value is -0.610. The topological polar surface area (TPSA) is 19.4 Å². The molecule has 3 heterocycles. The first-order chi connectivity index (χ1) is 10.9. The first kappa shape index (κ1) is 15.9. The fourth-order valence-electron chi connectivity index (χ4n) is 4.95. The zero-order valence-electron chi connectivity index (χ0n) is 14.6. The Morgan fingerprint density at radius 2 is 1.83 bits per heavy atom. The van der Waals surface area contributed by atoms with Gasteiger partial charge >= 0.3 is 0 Å². The predicted molar refractivity (Wildman–Crippen MR) is 99.2 cm³/mol. The highest BCUT2D eigenvalue weighted by Crippen LogP contribution is 2.48. The molecule has 1 saturated heterocycles. The summed E-state index contributed by atoms with van der Waals surface area (Å²) in [6.45, 7) is 10.9. The zero-order chi connectivity index (χ0) is 16.2. The molecule has 2 fully saturated rings. The first-order valence-electron chi connectivity index (χ1n) is 9.07. The van der Waals surface area contributed by atoms with E-state index in [0.717, 1.165) is 11.0 Å². The van der Waals surface area contributed by atoms with E-state index in [0.29, 0.717) is 11.6 Å². The van der Waals surface area contributed by atoms with Gasteiger partial charge in [0.2, 0.25) is 0 Å². The molecule has 0 N–H and O–H groups in total. The van der Waals surface area contributed by atoms with Crippen LogP contribution in [0.5, 0.6) is 0 Å². The minimum atomic E-state index is 0.160. The number of piperidine rings is 1. The molecule has 3 aliphatic rings. The van der Waals surface area contributed by atoms with Crippen molar-refractivity contribution in [3.05, 3.63) is 22.4 Å². The largest absolute Gasteiger partial charge is 0.366 e. The summed E-state index contributed by atoms with van der Waals surface area (Å²) < 4.78 is 1.09. The second-order valence-corrected chi connectivity index (χ2v) is 9.56. The van der Waals surface area contributed by atoms with E-state index in [-0.39, 0.29) is 5.41 Å². The van der Waals surface area contributed by atoms with Crippen molar-refractivity contribution in [1.82, 2.24) is 9.88 Å². The number of aromatic nitrogens is 1. The van der Waals surface area contributed by atoms with E-state index in [1.165, 1.54) is 56.6 Å². The second kappa shape index (κ2) is 5.45. The molecule has 126 valence electrons. The van der Waals surface area contributed by atoms with Gasteiger partial charge in [0.1, 0.15) is 0 Å². The minimum Gasteiger partial charge on any atom is -0.366 e. The highest BCUT2D eigenvalue weighted by molar-refractivity contribution is 9.10. The minimum absolute atomic E-state index is 0.160. The lowest BCUT2D eigenvalue weighted by molar-refractivity contribution is 0.00197. The van der Waals surface area contributed by atoms with Gasteiger partial charge in [0.05, 0.1) is 11.4 Å². The third-order valence-electron chi connectivity index (χ3n) is 6.26. The van der Waals surface area contributed by atoms with Crippen LogP contribution in [-0.2, 0) is 5.41 Å². The maximum absolute atomic E-state index is 4.73. The molecular weight excluding hydrogens is 350 g/mol. The van der Waals surface area contributed by atoms with Crippen LogP contribution >= 0.6 is 15.9 Å². The summed E-state index contributed by atoms with van der Waals surface area (Å²) in [6, 6.07) is 2.95. The summed E-state index contributed by atoms with van der Waals surface area (Å²) in [4.78, 5) is 10.1. The zero-order valence-corrected chi connectivity index (χ0v) is 16.2. The highest BCUT2D eigenvalue weighted by Gasteiger charge is 2.50. The molecule has 0 amide bonds. The molecule has 0 radical (unpaired) electrons. The SMILES string of the molecule is CC1(C)CN([C@H]2C[C@@](C)(N3CCCCC3)C2)c2cc(Br)cnc21. The quantitative estimate of drug-likeness (QED) is 0.763. The van der Waals surface area contributed by atoms with Crippen molar-refractivity contribution in [3.8, 4) is 0 Å². The third-order valence-corrected chi connectivity index (χ3v) is 6.70. The van der Waals surface area contributed by atoms with E-state index < -0.39 is 0 Å². The molecule has 4 rings (SSSR count). The Labute approximate surface area is 148 Å². The number of hydrogen-bond acceptors (Lipinski definition) is 3. The summed E-state index contributed by atoms with van der Waals surface area (Å²) >= 11 is 3.61. The average Bonchev–Trinajstić information content (AvgIpc) is 2.75. The van der Waals surface area contributed by atoms with Gasteiger partial charge in [0.25, 0.3) is 0 Å². The van der Waals surface area contributed by atoms with Crippen molar-refractivity contribution in [2.75, 3.05) is 24.5 Å². The maximum Gasteiger partial charge on any atom is 0.0711 e. The summed E-state index contributed by atoms with van der Waals surface area (Å²) in [6.07, 6.45) is 8.74. The van der Waals surface area contributed by atoms with E-state index in [1.807, 2.05) is 6.20 Å². The first-order valence-corrected chi connectivity index (χ1v) is 9.86. The molecule has 0 atom stereocenters. The van der Waals surface area contributed by atoms with Gasteiger partial charge in [-0.05, 0) is 67.7 Å². The lowest BCUT2D eigenvalue weighted by atomic mass is 9.71. The van der Waals surface area contributed by atoms with Crippen LogP contribution in [-0.4, -0.2) is 41.1 Å². The summed E-state index contributed by atoms with van der Waals surface area (Å²) in [7, 11) is 0. The van der Waals surface area contributed by atoms with E-state index in [2.05, 4.69) is 52.6 Å². The van der Waals surface area contributed by atoms with Crippen molar-refractivity contribution in [3.63, 3.8) is 0 Å². The molecule has 0 unspecified atom stereocenters. The Morgan fingerprint density at radius 3 is 2.52 bits per heavy atom. The molecule has 4 heteroatoms. The Kier molecular flexibility index (Phi) is 3.77. The summed E-state index contributed by atoms with van der Waals surface area (Å²) in [5, 5.41) is 0. The molecule has 23 heavy (non-hydrogen) atoms.